The predicted molar refractivity (Wildman–Crippen MR) is 107 cm³/mol. The van der Waals surface area contributed by atoms with E-state index >= 15 is 0 Å². The number of benzene rings is 1. The largest absolute Gasteiger partial charge is 0.490 e. The summed E-state index contributed by atoms with van der Waals surface area (Å²) in [5, 5.41) is 0. The fraction of sp³-hybridized carbons (Fsp3) is 0.739. The summed E-state index contributed by atoms with van der Waals surface area (Å²) in [4.78, 5) is 0. The van der Waals surface area contributed by atoms with Gasteiger partial charge in [-0.05, 0) is 38.3 Å². The van der Waals surface area contributed by atoms with Gasteiger partial charge in [0.1, 0.15) is 5.75 Å². The van der Waals surface area contributed by atoms with Gasteiger partial charge < -0.3 is 4.74 Å². The summed E-state index contributed by atoms with van der Waals surface area (Å²) in [5.41, 5.74) is 1.24. The third-order valence-electron chi connectivity index (χ3n) is 4.89. The van der Waals surface area contributed by atoms with Crippen LogP contribution in [-0.4, -0.2) is 6.10 Å². The van der Waals surface area contributed by atoms with Crippen LogP contribution in [-0.2, 0) is 0 Å². The molecule has 0 aliphatic heterocycles. The summed E-state index contributed by atoms with van der Waals surface area (Å²) in [6, 6.07) is 8.32. The molecule has 1 nitrogen and oxygen atoms in total. The summed E-state index contributed by atoms with van der Waals surface area (Å²) >= 11 is 0. The lowest BCUT2D eigenvalue weighted by Crippen LogP contribution is -2.12. The van der Waals surface area contributed by atoms with Gasteiger partial charge in [-0.2, -0.15) is 0 Å². The van der Waals surface area contributed by atoms with Crippen molar-refractivity contribution in [1.82, 2.24) is 0 Å². The standard InChI is InChI=1S/C23H40O/c1-4-5-6-7-8-9-10-11-12-13-14-15-19-22(3)24-23-20-17-16-18-21(23)2/h16-18,20,22H,4-15,19H2,1-3H3. The monoisotopic (exact) mass is 332 g/mol. The van der Waals surface area contributed by atoms with E-state index in [0.717, 1.165) is 5.75 Å². The van der Waals surface area contributed by atoms with Crippen LogP contribution in [0.2, 0.25) is 0 Å². The summed E-state index contributed by atoms with van der Waals surface area (Å²) in [6.07, 6.45) is 18.4. The Labute approximate surface area is 151 Å². The average Bonchev–Trinajstić information content (AvgIpc) is 2.58. The van der Waals surface area contributed by atoms with Gasteiger partial charge in [0.25, 0.3) is 0 Å². The van der Waals surface area contributed by atoms with Crippen molar-refractivity contribution >= 4 is 0 Å². The molecule has 0 bridgehead atoms. The van der Waals surface area contributed by atoms with Gasteiger partial charge in [-0.25, -0.2) is 0 Å². The van der Waals surface area contributed by atoms with Gasteiger partial charge in [0.05, 0.1) is 6.10 Å². The van der Waals surface area contributed by atoms with E-state index in [1.165, 1.54) is 89.0 Å². The molecule has 0 saturated carbocycles. The molecule has 0 aromatic heterocycles. The second kappa shape index (κ2) is 14.4. The Hall–Kier alpha value is -0.980. The molecule has 1 unspecified atom stereocenters. The van der Waals surface area contributed by atoms with E-state index in [1.54, 1.807) is 0 Å². The van der Waals surface area contributed by atoms with Gasteiger partial charge in [-0.1, -0.05) is 95.8 Å². The number of unbranched alkanes of at least 4 members (excludes halogenated alkanes) is 11. The molecule has 0 fully saturated rings. The zero-order chi connectivity index (χ0) is 17.5. The van der Waals surface area contributed by atoms with Gasteiger partial charge in [-0.3, -0.25) is 0 Å². The van der Waals surface area contributed by atoms with Gasteiger partial charge >= 0.3 is 0 Å². The average molecular weight is 333 g/mol. The van der Waals surface area contributed by atoms with Crippen LogP contribution in [0.4, 0.5) is 0 Å². The van der Waals surface area contributed by atoms with Crippen LogP contribution in [0.15, 0.2) is 24.3 Å². The van der Waals surface area contributed by atoms with Crippen molar-refractivity contribution in [3.05, 3.63) is 29.8 Å². The number of ether oxygens (including phenoxy) is 1. The van der Waals surface area contributed by atoms with E-state index in [0.29, 0.717) is 6.10 Å². The molecule has 1 aromatic carbocycles. The third kappa shape index (κ3) is 10.7. The molecule has 24 heavy (non-hydrogen) atoms. The summed E-state index contributed by atoms with van der Waals surface area (Å²) in [7, 11) is 0. The third-order valence-corrected chi connectivity index (χ3v) is 4.89. The van der Waals surface area contributed by atoms with E-state index in [1.807, 2.05) is 0 Å². The van der Waals surface area contributed by atoms with Crippen molar-refractivity contribution in [3.8, 4) is 5.75 Å². The molecule has 1 aromatic rings. The molecule has 0 radical (unpaired) electrons. The van der Waals surface area contributed by atoms with E-state index in [2.05, 4.69) is 45.0 Å². The Balaban J connectivity index is 1.89. The number of hydrogen-bond acceptors (Lipinski definition) is 1. The minimum atomic E-state index is 0.328. The lowest BCUT2D eigenvalue weighted by Gasteiger charge is -2.16. The number of hydrogen-bond donors (Lipinski definition) is 0. The molecule has 0 aliphatic rings. The smallest absolute Gasteiger partial charge is 0.122 e. The molecule has 0 aliphatic carbocycles. The Morgan fingerprint density at radius 1 is 0.750 bits per heavy atom. The maximum Gasteiger partial charge on any atom is 0.122 e. The van der Waals surface area contributed by atoms with Crippen molar-refractivity contribution in [1.29, 1.82) is 0 Å². The second-order valence-corrected chi connectivity index (χ2v) is 7.37. The highest BCUT2D eigenvalue weighted by atomic mass is 16.5. The Bertz CT molecular complexity index is 399. The Kier molecular flexibility index (Phi) is 12.6. The lowest BCUT2D eigenvalue weighted by molar-refractivity contribution is 0.205. The van der Waals surface area contributed by atoms with Crippen LogP contribution < -0.4 is 4.74 Å². The second-order valence-electron chi connectivity index (χ2n) is 7.37. The maximum absolute atomic E-state index is 6.05. The van der Waals surface area contributed by atoms with E-state index in [-0.39, 0.29) is 0 Å². The molecule has 0 saturated heterocycles. The normalized spacial score (nSPS) is 12.3. The highest BCUT2D eigenvalue weighted by molar-refractivity contribution is 5.31. The lowest BCUT2D eigenvalue weighted by atomic mass is 10.0. The molecule has 138 valence electrons. The van der Waals surface area contributed by atoms with Gasteiger partial charge in [0.2, 0.25) is 0 Å². The van der Waals surface area contributed by atoms with Crippen molar-refractivity contribution in [2.45, 2.75) is 110 Å². The minimum absolute atomic E-state index is 0.328. The Morgan fingerprint density at radius 3 is 1.79 bits per heavy atom. The Morgan fingerprint density at radius 2 is 1.25 bits per heavy atom. The van der Waals surface area contributed by atoms with E-state index < -0.39 is 0 Å². The zero-order valence-corrected chi connectivity index (χ0v) is 16.5. The number of rotatable bonds is 15. The summed E-state index contributed by atoms with van der Waals surface area (Å²) in [5.74, 6) is 1.05. The first kappa shape index (κ1) is 21.1. The molecule has 0 N–H and O–H groups in total. The molecule has 0 spiro atoms. The first-order valence-electron chi connectivity index (χ1n) is 10.5. The maximum atomic E-state index is 6.05. The van der Waals surface area contributed by atoms with Gasteiger partial charge in [0.15, 0.2) is 0 Å². The van der Waals surface area contributed by atoms with Crippen LogP contribution in [0.5, 0.6) is 5.75 Å². The summed E-state index contributed by atoms with van der Waals surface area (Å²) in [6.45, 7) is 6.60. The zero-order valence-electron chi connectivity index (χ0n) is 16.5. The van der Waals surface area contributed by atoms with Crippen LogP contribution in [0, 0.1) is 6.92 Å². The molecule has 0 heterocycles. The SMILES string of the molecule is CCCCCCCCCCCCCCC(C)Oc1ccccc1C. The number of aryl methyl sites for hydroxylation is 1. The first-order chi connectivity index (χ1) is 11.7. The highest BCUT2D eigenvalue weighted by Gasteiger charge is 2.05. The first-order valence-corrected chi connectivity index (χ1v) is 10.5. The predicted octanol–water partition coefficient (Wildman–Crippen LogP) is 7.85. The fourth-order valence-electron chi connectivity index (χ4n) is 3.24. The van der Waals surface area contributed by atoms with Gasteiger partial charge in [-0.15, -0.1) is 0 Å². The topological polar surface area (TPSA) is 9.23 Å². The van der Waals surface area contributed by atoms with Crippen LogP contribution in [0.25, 0.3) is 0 Å². The van der Waals surface area contributed by atoms with Crippen LogP contribution in [0.1, 0.15) is 103 Å². The highest BCUT2D eigenvalue weighted by Crippen LogP contribution is 2.20. The molecule has 0 amide bonds. The van der Waals surface area contributed by atoms with Gasteiger partial charge in [0, 0.05) is 0 Å². The summed E-state index contributed by atoms with van der Waals surface area (Å²) < 4.78 is 6.05. The van der Waals surface area contributed by atoms with E-state index in [9.17, 15) is 0 Å². The molecule has 1 heteroatoms. The molecular formula is C23H40O. The molecule has 1 rings (SSSR count). The van der Waals surface area contributed by atoms with Crippen LogP contribution >= 0.6 is 0 Å². The van der Waals surface area contributed by atoms with Crippen molar-refractivity contribution in [2.75, 3.05) is 0 Å². The minimum Gasteiger partial charge on any atom is -0.490 e. The number of para-hydroxylation sites is 1. The van der Waals surface area contributed by atoms with Crippen molar-refractivity contribution < 1.29 is 4.74 Å². The fourth-order valence-corrected chi connectivity index (χ4v) is 3.24. The van der Waals surface area contributed by atoms with Crippen molar-refractivity contribution in [3.63, 3.8) is 0 Å². The molecule has 1 atom stereocenters. The van der Waals surface area contributed by atoms with Crippen LogP contribution in [0.3, 0.4) is 0 Å². The van der Waals surface area contributed by atoms with Crippen molar-refractivity contribution in [2.24, 2.45) is 0 Å². The molecular weight excluding hydrogens is 292 g/mol. The van der Waals surface area contributed by atoms with E-state index in [4.69, 9.17) is 4.74 Å². The quantitative estimate of drug-likeness (QED) is 0.297.